The summed E-state index contributed by atoms with van der Waals surface area (Å²) < 4.78 is 15.3. The Balaban J connectivity index is 1.96. The Morgan fingerprint density at radius 3 is 2.22 bits per heavy atom. The number of aliphatic hydroxyl groups is 1. The van der Waals surface area contributed by atoms with Crippen molar-refractivity contribution in [1.29, 1.82) is 0 Å². The van der Waals surface area contributed by atoms with Gasteiger partial charge >= 0.3 is 5.97 Å². The van der Waals surface area contributed by atoms with Gasteiger partial charge in [0.15, 0.2) is 0 Å². The van der Waals surface area contributed by atoms with Crippen molar-refractivity contribution in [3.05, 3.63) is 94.0 Å². The van der Waals surface area contributed by atoms with Crippen LogP contribution in [0.5, 0.6) is 11.5 Å². The van der Waals surface area contributed by atoms with Crippen molar-refractivity contribution in [2.45, 2.75) is 6.04 Å². The largest absolute Gasteiger partial charge is 0.507 e. The van der Waals surface area contributed by atoms with Crippen molar-refractivity contribution in [3.63, 3.8) is 0 Å². The zero-order valence-electron chi connectivity index (χ0n) is 19.7. The molecule has 0 aliphatic carbocycles. The highest BCUT2D eigenvalue weighted by molar-refractivity contribution is 6.52. The smallest absolute Gasteiger partial charge is 0.337 e. The molecule has 1 N–H and O–H groups in total. The topological polar surface area (TPSA) is 102 Å². The minimum Gasteiger partial charge on any atom is -0.507 e. The van der Waals surface area contributed by atoms with Crippen LogP contribution in [0.3, 0.4) is 0 Å². The quantitative estimate of drug-likeness (QED) is 0.222. The number of Topliss-reactive ketones (excluding diaryl/α,β-unsaturated/α-hetero) is 1. The molecule has 1 atom stereocenters. The van der Waals surface area contributed by atoms with Gasteiger partial charge in [0, 0.05) is 11.3 Å². The van der Waals surface area contributed by atoms with Gasteiger partial charge in [0.1, 0.15) is 17.3 Å². The minimum atomic E-state index is -1.02. The number of benzene rings is 3. The van der Waals surface area contributed by atoms with E-state index < -0.39 is 29.5 Å². The highest BCUT2D eigenvalue weighted by atomic mass is 35.5. The van der Waals surface area contributed by atoms with Crippen molar-refractivity contribution in [3.8, 4) is 11.5 Å². The van der Waals surface area contributed by atoms with E-state index in [2.05, 4.69) is 0 Å². The maximum absolute atomic E-state index is 13.4. The molecule has 0 bridgehead atoms. The van der Waals surface area contributed by atoms with Crippen LogP contribution in [-0.4, -0.2) is 44.1 Å². The van der Waals surface area contributed by atoms with Gasteiger partial charge in [-0.3, -0.25) is 14.5 Å². The lowest BCUT2D eigenvalue weighted by molar-refractivity contribution is -0.132. The summed E-state index contributed by atoms with van der Waals surface area (Å²) in [6, 6.07) is 16.5. The van der Waals surface area contributed by atoms with E-state index in [-0.39, 0.29) is 27.4 Å². The molecule has 1 saturated heterocycles. The van der Waals surface area contributed by atoms with Gasteiger partial charge in [-0.05, 0) is 54.1 Å². The molecule has 0 radical (unpaired) electrons. The third-order valence-corrected chi connectivity index (χ3v) is 6.18. The number of hydrogen-bond donors (Lipinski definition) is 1. The number of amides is 1. The molecule has 1 aliphatic heterocycles. The number of nitrogens with zero attached hydrogens (tertiary/aromatic N) is 1. The third kappa shape index (κ3) is 4.38. The van der Waals surface area contributed by atoms with Gasteiger partial charge in [0.25, 0.3) is 11.7 Å². The monoisotopic (exact) mass is 507 g/mol. The third-order valence-electron chi connectivity index (χ3n) is 5.85. The first-order valence-electron chi connectivity index (χ1n) is 10.8. The van der Waals surface area contributed by atoms with Gasteiger partial charge in [0.05, 0.1) is 43.5 Å². The van der Waals surface area contributed by atoms with Crippen molar-refractivity contribution in [1.82, 2.24) is 0 Å². The fourth-order valence-corrected chi connectivity index (χ4v) is 4.27. The second kappa shape index (κ2) is 10.1. The maximum Gasteiger partial charge on any atom is 0.337 e. The van der Waals surface area contributed by atoms with Crippen molar-refractivity contribution < 1.29 is 33.7 Å². The molecule has 0 saturated carbocycles. The minimum absolute atomic E-state index is 0.135. The summed E-state index contributed by atoms with van der Waals surface area (Å²) in [4.78, 5) is 40.1. The number of ketones is 1. The van der Waals surface area contributed by atoms with Crippen LogP contribution in [0.25, 0.3) is 5.76 Å². The molecule has 1 heterocycles. The molecule has 1 amide bonds. The van der Waals surface area contributed by atoms with Crippen LogP contribution in [0.4, 0.5) is 5.69 Å². The number of anilines is 1. The van der Waals surface area contributed by atoms with E-state index in [1.165, 1.54) is 50.5 Å². The van der Waals surface area contributed by atoms with Crippen LogP contribution in [0.1, 0.15) is 27.5 Å². The van der Waals surface area contributed by atoms with Gasteiger partial charge in [-0.1, -0.05) is 29.8 Å². The molecule has 9 heteroatoms. The summed E-state index contributed by atoms with van der Waals surface area (Å²) in [6.07, 6.45) is 0. The van der Waals surface area contributed by atoms with Crippen LogP contribution in [-0.2, 0) is 14.3 Å². The highest BCUT2D eigenvalue weighted by Gasteiger charge is 2.47. The number of ether oxygens (including phenoxy) is 3. The molecular formula is C27H22ClNO7. The first-order chi connectivity index (χ1) is 17.3. The van der Waals surface area contributed by atoms with Gasteiger partial charge in [-0.2, -0.15) is 0 Å². The normalized spacial score (nSPS) is 16.7. The van der Waals surface area contributed by atoms with Crippen LogP contribution >= 0.6 is 11.6 Å². The molecular weight excluding hydrogens is 486 g/mol. The SMILES string of the molecule is COC(=O)c1cccc(N2C(=O)C(=O)/C(=C(/O)c3cc(OC)ccc3Cl)C2c2ccc(OC)cc2)c1. The summed E-state index contributed by atoms with van der Waals surface area (Å²) in [7, 11) is 4.22. The summed E-state index contributed by atoms with van der Waals surface area (Å²) >= 11 is 6.34. The van der Waals surface area contributed by atoms with Crippen LogP contribution in [0.2, 0.25) is 5.02 Å². The fourth-order valence-electron chi connectivity index (χ4n) is 4.06. The Hall–Kier alpha value is -4.30. The summed E-state index contributed by atoms with van der Waals surface area (Å²) in [5.74, 6) is -1.86. The Labute approximate surface area is 212 Å². The van der Waals surface area contributed by atoms with E-state index in [1.807, 2.05) is 0 Å². The fraction of sp³-hybridized carbons (Fsp3) is 0.148. The van der Waals surface area contributed by atoms with Crippen molar-refractivity contribution in [2.75, 3.05) is 26.2 Å². The molecule has 3 aromatic rings. The molecule has 36 heavy (non-hydrogen) atoms. The molecule has 8 nitrogen and oxygen atoms in total. The Morgan fingerprint density at radius 2 is 1.58 bits per heavy atom. The Kier molecular flexibility index (Phi) is 6.98. The van der Waals surface area contributed by atoms with Crippen molar-refractivity contribution >= 4 is 40.7 Å². The lowest BCUT2D eigenvalue weighted by Crippen LogP contribution is -2.29. The second-order valence-electron chi connectivity index (χ2n) is 7.83. The molecule has 3 aromatic carbocycles. The molecule has 0 aromatic heterocycles. The lowest BCUT2D eigenvalue weighted by atomic mass is 9.95. The van der Waals surface area contributed by atoms with Gasteiger partial charge in [-0.15, -0.1) is 0 Å². The molecule has 1 unspecified atom stereocenters. The zero-order valence-corrected chi connectivity index (χ0v) is 20.4. The molecule has 1 fully saturated rings. The van der Waals surface area contributed by atoms with Gasteiger partial charge < -0.3 is 19.3 Å². The molecule has 4 rings (SSSR count). The van der Waals surface area contributed by atoms with Gasteiger partial charge in [0.2, 0.25) is 0 Å². The first kappa shape index (κ1) is 24.8. The van der Waals surface area contributed by atoms with Crippen LogP contribution in [0.15, 0.2) is 72.3 Å². The van der Waals surface area contributed by atoms with E-state index in [4.69, 9.17) is 25.8 Å². The predicted octanol–water partition coefficient (Wildman–Crippen LogP) is 4.77. The number of methoxy groups -OCH3 is 3. The van der Waals surface area contributed by atoms with Crippen LogP contribution < -0.4 is 14.4 Å². The zero-order chi connectivity index (χ0) is 26.0. The number of rotatable bonds is 6. The number of carbonyl (C=O) groups excluding carboxylic acids is 3. The number of aliphatic hydroxyl groups excluding tert-OH is 1. The summed E-state index contributed by atoms with van der Waals surface area (Å²) in [5, 5.41) is 11.5. The second-order valence-corrected chi connectivity index (χ2v) is 8.24. The van der Waals surface area contributed by atoms with E-state index in [0.29, 0.717) is 17.1 Å². The summed E-state index contributed by atoms with van der Waals surface area (Å²) in [5.41, 5.74) is 0.969. The van der Waals surface area contributed by atoms with E-state index >= 15 is 0 Å². The lowest BCUT2D eigenvalue weighted by Gasteiger charge is -2.26. The average Bonchev–Trinajstić information content (AvgIpc) is 3.18. The Bertz CT molecular complexity index is 1380. The number of esters is 1. The van der Waals surface area contributed by atoms with E-state index in [1.54, 1.807) is 42.5 Å². The van der Waals surface area contributed by atoms with E-state index in [9.17, 15) is 19.5 Å². The predicted molar refractivity (Wildman–Crippen MR) is 134 cm³/mol. The number of halogens is 1. The number of hydrogen-bond acceptors (Lipinski definition) is 7. The Morgan fingerprint density at radius 1 is 0.917 bits per heavy atom. The first-order valence-corrected chi connectivity index (χ1v) is 11.2. The molecule has 184 valence electrons. The number of carbonyl (C=O) groups is 3. The summed E-state index contributed by atoms with van der Waals surface area (Å²) in [6.45, 7) is 0. The molecule has 0 spiro atoms. The van der Waals surface area contributed by atoms with Crippen LogP contribution in [0, 0.1) is 0 Å². The van der Waals surface area contributed by atoms with E-state index in [0.717, 1.165) is 0 Å². The standard InChI is InChI=1S/C27H22ClNO7/c1-34-18-9-7-15(8-10-18)23-22(24(30)20-14-19(35-2)11-12-21(20)28)25(31)26(32)29(23)17-6-4-5-16(13-17)27(33)36-3/h4-14,23,30H,1-3H3/b24-22+. The van der Waals surface area contributed by atoms with Crippen molar-refractivity contribution in [2.24, 2.45) is 0 Å². The highest BCUT2D eigenvalue weighted by Crippen LogP contribution is 2.43. The maximum atomic E-state index is 13.4. The van der Waals surface area contributed by atoms with Gasteiger partial charge in [-0.25, -0.2) is 4.79 Å². The average molecular weight is 508 g/mol. The molecule has 1 aliphatic rings.